The molecule has 1 aliphatic rings. The standard InChI is InChI=1S/2C18H14.C16H10.C14H10.C12H10.C10H8.C6H6.7C2H6/c2*1-3-8-15(9-4-1)17-12-7-13-18(14-17)16-10-5-2-6-11-16;1-2-8-13-12(7-1)14-9-3-5-11-6-4-10-15(13)16(11)14;1-3-7-13-11(5-1)9-10-12-6-2-4-8-14(12)13;1-3-7-11(8-4-1)12-9-5-2-6-10-12;1-2-6-10-8-4-3-7-9(10)5-1;1-2-4-6-5-3-1;7*1-2/h2*1-14H;1-10H;1-10H;1-10H;1-8H;1-6H;7*1-2H3. The molecular weight excluding hydrogens is 1300 g/mol. The summed E-state index contributed by atoms with van der Waals surface area (Å²) in [5, 5.41) is 10.7. The average molecular weight is 1410 g/mol. The second-order valence-electron chi connectivity index (χ2n) is 22.6. The Morgan fingerprint density at radius 1 is 0.111 bits per heavy atom. The summed E-state index contributed by atoms with van der Waals surface area (Å²) in [6, 6.07) is 152. The van der Waals surface area contributed by atoms with Gasteiger partial charge in [0.05, 0.1) is 0 Å². The minimum atomic E-state index is 1.26. The predicted molar refractivity (Wildman–Crippen MR) is 486 cm³/mol. The van der Waals surface area contributed by atoms with Crippen LogP contribution in [-0.4, -0.2) is 0 Å². The number of rotatable bonds is 5. The van der Waals surface area contributed by atoms with Crippen LogP contribution in [0.3, 0.4) is 0 Å². The Bertz CT molecular complexity index is 4620. The third-order valence-electron chi connectivity index (χ3n) is 16.4. The van der Waals surface area contributed by atoms with Gasteiger partial charge in [-0.25, -0.2) is 0 Å². The van der Waals surface area contributed by atoms with Crippen LogP contribution in [0.5, 0.6) is 0 Å². The summed E-state index contributed by atoms with van der Waals surface area (Å²) in [5.41, 5.74) is 18.1. The lowest BCUT2D eigenvalue weighted by Gasteiger charge is -2.05. The minimum absolute atomic E-state index is 1.26. The van der Waals surface area contributed by atoms with Gasteiger partial charge in [0.1, 0.15) is 0 Å². The molecule has 0 amide bonds. The molecule has 0 saturated heterocycles. The molecular formula is C108H114. The molecule has 1 aliphatic carbocycles. The molecule has 0 radical (unpaired) electrons. The molecule has 0 aliphatic heterocycles. The maximum Gasteiger partial charge on any atom is -0.00264 e. The largest absolute Gasteiger partial charge is 0.0683 e. The Morgan fingerprint density at radius 2 is 0.278 bits per heavy atom. The number of fused-ring (bicyclic) bond motifs is 7. The Hall–Kier alpha value is -12.2. The van der Waals surface area contributed by atoms with Gasteiger partial charge in [0.2, 0.25) is 0 Å². The quantitative estimate of drug-likeness (QED) is 0.151. The molecule has 0 aromatic heterocycles. The molecule has 18 rings (SSSR count). The van der Waals surface area contributed by atoms with Gasteiger partial charge in [0.25, 0.3) is 0 Å². The topological polar surface area (TPSA) is 0 Å². The normalized spacial score (nSPS) is 9.39. The lowest BCUT2D eigenvalue weighted by molar-refractivity contribution is 1.50. The summed E-state index contributed by atoms with van der Waals surface area (Å²) in [5.74, 6) is 0. The Balaban J connectivity index is 0.000000223. The Morgan fingerprint density at radius 3 is 0.537 bits per heavy atom. The third-order valence-corrected chi connectivity index (χ3v) is 16.4. The maximum atomic E-state index is 2.24. The summed E-state index contributed by atoms with van der Waals surface area (Å²) in [6.45, 7) is 28.0. The molecule has 0 heterocycles. The van der Waals surface area contributed by atoms with Crippen molar-refractivity contribution in [2.24, 2.45) is 0 Å². The van der Waals surface area contributed by atoms with Gasteiger partial charge in [0.15, 0.2) is 0 Å². The molecule has 546 valence electrons. The third kappa shape index (κ3) is 26.7. The highest BCUT2D eigenvalue weighted by molar-refractivity contribution is 6.15. The van der Waals surface area contributed by atoms with Crippen LogP contribution >= 0.6 is 0 Å². The molecule has 0 nitrogen and oxygen atoms in total. The lowest BCUT2D eigenvalue weighted by Crippen LogP contribution is -1.80. The van der Waals surface area contributed by atoms with Crippen LogP contribution in [0, 0.1) is 0 Å². The van der Waals surface area contributed by atoms with Crippen LogP contribution < -0.4 is 0 Å². The first-order chi connectivity index (χ1) is 53.7. The van der Waals surface area contributed by atoms with E-state index in [0.717, 1.165) is 0 Å². The highest BCUT2D eigenvalue weighted by Crippen LogP contribution is 2.46. The molecule has 17 aromatic carbocycles. The van der Waals surface area contributed by atoms with Crippen LogP contribution in [0.2, 0.25) is 0 Å². The highest BCUT2D eigenvalue weighted by Gasteiger charge is 2.19. The van der Waals surface area contributed by atoms with Crippen molar-refractivity contribution >= 4 is 43.1 Å². The molecule has 0 heteroatoms. The van der Waals surface area contributed by atoms with Crippen molar-refractivity contribution < 1.29 is 0 Å². The summed E-state index contributed by atoms with van der Waals surface area (Å²) in [7, 11) is 0. The van der Waals surface area contributed by atoms with Crippen molar-refractivity contribution in [1.82, 2.24) is 0 Å². The molecule has 0 saturated carbocycles. The molecule has 108 heavy (non-hydrogen) atoms. The molecule has 0 spiro atoms. The van der Waals surface area contributed by atoms with Gasteiger partial charge in [0, 0.05) is 0 Å². The second kappa shape index (κ2) is 52.7. The van der Waals surface area contributed by atoms with Gasteiger partial charge in [-0.2, -0.15) is 0 Å². The first-order valence-electron chi connectivity index (χ1n) is 39.1. The van der Waals surface area contributed by atoms with E-state index in [-0.39, 0.29) is 0 Å². The molecule has 0 unspecified atom stereocenters. The van der Waals surface area contributed by atoms with E-state index in [1.54, 1.807) is 0 Å². The van der Waals surface area contributed by atoms with E-state index in [0.29, 0.717) is 0 Å². The lowest BCUT2D eigenvalue weighted by atomic mass is 9.99. The predicted octanol–water partition coefficient (Wildman–Crippen LogP) is 33.6. The summed E-state index contributed by atoms with van der Waals surface area (Å²) in [4.78, 5) is 0. The first-order valence-corrected chi connectivity index (χ1v) is 39.1. The number of hydrogen-bond acceptors (Lipinski definition) is 0. The van der Waals surface area contributed by atoms with E-state index in [1.165, 1.54) is 121 Å². The van der Waals surface area contributed by atoms with Crippen molar-refractivity contribution in [3.8, 4) is 77.9 Å². The van der Waals surface area contributed by atoms with Crippen molar-refractivity contribution in [1.29, 1.82) is 0 Å². The fourth-order valence-electron chi connectivity index (χ4n) is 11.8. The Labute approximate surface area is 650 Å². The number of benzene rings is 17. The number of hydrogen-bond donors (Lipinski definition) is 0. The molecule has 0 bridgehead atoms. The zero-order valence-corrected chi connectivity index (χ0v) is 66.6. The maximum absolute atomic E-state index is 2.24. The first kappa shape index (κ1) is 86.4. The molecule has 0 atom stereocenters. The zero-order valence-electron chi connectivity index (χ0n) is 66.6. The average Bonchev–Trinajstić information content (AvgIpc) is 1.59. The fourth-order valence-corrected chi connectivity index (χ4v) is 11.8. The van der Waals surface area contributed by atoms with Gasteiger partial charge >= 0.3 is 0 Å². The van der Waals surface area contributed by atoms with Crippen LogP contribution in [0.15, 0.2) is 437 Å². The zero-order chi connectivity index (χ0) is 77.6. The van der Waals surface area contributed by atoms with E-state index in [9.17, 15) is 0 Å². The monoisotopic (exact) mass is 1410 g/mol. The summed E-state index contributed by atoms with van der Waals surface area (Å²) in [6.07, 6.45) is 0. The molecule has 0 N–H and O–H groups in total. The van der Waals surface area contributed by atoms with Crippen LogP contribution in [-0.2, 0) is 0 Å². The SMILES string of the molecule is CC.CC.CC.CC.CC.CC.CC.c1ccc(-c2cccc(-c3ccccc3)c2)cc1.c1ccc(-c2cccc(-c3ccccc3)c2)cc1.c1ccc(-c2ccccc2)cc1.c1ccc2c(c1)-c1cccc3cccc-2c13.c1ccc2c(c1)ccc1ccccc12.c1ccc2ccccc2c1.c1ccccc1. The van der Waals surface area contributed by atoms with E-state index in [1.807, 2.05) is 170 Å². The van der Waals surface area contributed by atoms with E-state index >= 15 is 0 Å². The summed E-state index contributed by atoms with van der Waals surface area (Å²) < 4.78 is 0. The molecule has 17 aromatic rings. The minimum Gasteiger partial charge on any atom is -0.0683 e. The smallest absolute Gasteiger partial charge is 0.00264 e. The van der Waals surface area contributed by atoms with Crippen LogP contribution in [0.4, 0.5) is 0 Å². The van der Waals surface area contributed by atoms with Gasteiger partial charge in [-0.05, 0) is 133 Å². The van der Waals surface area contributed by atoms with E-state index < -0.39 is 0 Å². The van der Waals surface area contributed by atoms with Crippen molar-refractivity contribution in [3.63, 3.8) is 0 Å². The van der Waals surface area contributed by atoms with E-state index in [4.69, 9.17) is 0 Å². The van der Waals surface area contributed by atoms with Gasteiger partial charge in [-0.1, -0.05) is 522 Å². The second-order valence-corrected chi connectivity index (χ2v) is 22.6. The Kier molecular flexibility index (Phi) is 42.2. The summed E-state index contributed by atoms with van der Waals surface area (Å²) >= 11 is 0. The van der Waals surface area contributed by atoms with Crippen LogP contribution in [0.25, 0.3) is 121 Å². The van der Waals surface area contributed by atoms with E-state index in [2.05, 4.69) is 364 Å². The van der Waals surface area contributed by atoms with Crippen molar-refractivity contribution in [2.45, 2.75) is 96.9 Å². The van der Waals surface area contributed by atoms with Gasteiger partial charge in [-0.3, -0.25) is 0 Å². The van der Waals surface area contributed by atoms with Gasteiger partial charge in [-0.15, -0.1) is 0 Å². The molecule has 0 fully saturated rings. The van der Waals surface area contributed by atoms with Crippen molar-refractivity contribution in [2.75, 3.05) is 0 Å². The van der Waals surface area contributed by atoms with Crippen molar-refractivity contribution in [3.05, 3.63) is 437 Å². The van der Waals surface area contributed by atoms with Gasteiger partial charge < -0.3 is 0 Å². The fraction of sp³-hybridized carbons (Fsp3) is 0.130. The highest BCUT2D eigenvalue weighted by atomic mass is 14.2. The van der Waals surface area contributed by atoms with Crippen LogP contribution in [0.1, 0.15) is 96.9 Å².